The highest BCUT2D eigenvalue weighted by atomic mass is 32.2. The quantitative estimate of drug-likeness (QED) is 0.545. The zero-order valence-corrected chi connectivity index (χ0v) is 10.3. The highest BCUT2D eigenvalue weighted by molar-refractivity contribution is 7.86. The van der Waals surface area contributed by atoms with Crippen molar-refractivity contribution in [1.29, 1.82) is 0 Å². The summed E-state index contributed by atoms with van der Waals surface area (Å²) < 4.78 is 27.7. The van der Waals surface area contributed by atoms with Gasteiger partial charge in [-0.25, -0.2) is 0 Å². The van der Waals surface area contributed by atoms with E-state index in [0.29, 0.717) is 23.7 Å². The molecule has 0 amide bonds. The second-order valence-corrected chi connectivity index (χ2v) is 6.82. The first-order valence-electron chi connectivity index (χ1n) is 5.70. The molecule has 3 nitrogen and oxygen atoms in total. The molecule has 1 fully saturated rings. The third-order valence-electron chi connectivity index (χ3n) is 4.12. The van der Waals surface area contributed by atoms with Crippen molar-refractivity contribution in [1.82, 2.24) is 0 Å². The summed E-state index contributed by atoms with van der Waals surface area (Å²) in [7, 11) is -3.34. The zero-order chi connectivity index (χ0) is 11.5. The first-order valence-corrected chi connectivity index (χ1v) is 7.52. The number of rotatable bonds is 2. The highest BCUT2D eigenvalue weighted by Crippen LogP contribution is 2.55. The maximum atomic E-state index is 11.2. The number of allylic oxidation sites excluding steroid dienone is 3. The van der Waals surface area contributed by atoms with Crippen LogP contribution in [0.1, 0.15) is 13.3 Å². The zero-order valence-electron chi connectivity index (χ0n) is 9.46. The van der Waals surface area contributed by atoms with Gasteiger partial charge in [0, 0.05) is 5.92 Å². The molecule has 0 bridgehead atoms. The Morgan fingerprint density at radius 2 is 2.12 bits per heavy atom. The Morgan fingerprint density at radius 3 is 2.81 bits per heavy atom. The van der Waals surface area contributed by atoms with Gasteiger partial charge in [0.05, 0.1) is 12.4 Å². The fraction of sp³-hybridized carbons (Fsp3) is 0.667. The molecule has 3 rings (SSSR count). The van der Waals surface area contributed by atoms with E-state index < -0.39 is 10.1 Å². The van der Waals surface area contributed by atoms with Gasteiger partial charge in [0.15, 0.2) is 0 Å². The molecule has 1 saturated carbocycles. The molecule has 0 radical (unpaired) electrons. The molecular formula is C12H16O3S. The van der Waals surface area contributed by atoms with E-state index in [1.54, 1.807) is 0 Å². The van der Waals surface area contributed by atoms with Crippen LogP contribution in [0.2, 0.25) is 0 Å². The molecule has 0 unspecified atom stereocenters. The van der Waals surface area contributed by atoms with E-state index in [4.69, 9.17) is 4.18 Å². The van der Waals surface area contributed by atoms with E-state index in [2.05, 4.69) is 25.2 Å². The van der Waals surface area contributed by atoms with E-state index in [-0.39, 0.29) is 6.10 Å². The fourth-order valence-electron chi connectivity index (χ4n) is 3.72. The average Bonchev–Trinajstić information content (AvgIpc) is 2.70. The molecule has 88 valence electrons. The Balaban J connectivity index is 1.90. The Kier molecular flexibility index (Phi) is 2.11. The molecule has 5 atom stereocenters. The molecule has 16 heavy (non-hydrogen) atoms. The van der Waals surface area contributed by atoms with Crippen LogP contribution in [-0.4, -0.2) is 20.8 Å². The summed E-state index contributed by atoms with van der Waals surface area (Å²) >= 11 is 0. The largest absolute Gasteiger partial charge is 0.266 e. The summed E-state index contributed by atoms with van der Waals surface area (Å²) in [6.07, 6.45) is 8.61. The minimum absolute atomic E-state index is 0.142. The van der Waals surface area contributed by atoms with Gasteiger partial charge in [-0.1, -0.05) is 23.8 Å². The van der Waals surface area contributed by atoms with Crippen LogP contribution >= 0.6 is 0 Å². The van der Waals surface area contributed by atoms with Crippen molar-refractivity contribution in [3.05, 3.63) is 23.8 Å². The molecule has 3 aliphatic carbocycles. The predicted octanol–water partition coefficient (Wildman–Crippen LogP) is 1.73. The van der Waals surface area contributed by atoms with Crippen molar-refractivity contribution in [2.45, 2.75) is 19.4 Å². The molecule has 0 spiro atoms. The first-order chi connectivity index (χ1) is 7.46. The lowest BCUT2D eigenvalue weighted by Crippen LogP contribution is -2.24. The van der Waals surface area contributed by atoms with Crippen LogP contribution in [0.3, 0.4) is 0 Å². The molecule has 0 N–H and O–H groups in total. The van der Waals surface area contributed by atoms with Crippen LogP contribution in [0.25, 0.3) is 0 Å². The van der Waals surface area contributed by atoms with Gasteiger partial charge in [-0.2, -0.15) is 8.42 Å². The van der Waals surface area contributed by atoms with E-state index in [1.807, 2.05) is 0 Å². The molecule has 3 aliphatic rings. The fourth-order valence-corrected chi connectivity index (χ4v) is 4.37. The van der Waals surface area contributed by atoms with Crippen LogP contribution < -0.4 is 0 Å². The maximum Gasteiger partial charge on any atom is 0.264 e. The van der Waals surface area contributed by atoms with Crippen molar-refractivity contribution in [2.24, 2.45) is 23.7 Å². The molecule has 4 heteroatoms. The van der Waals surface area contributed by atoms with Gasteiger partial charge in [-0.15, -0.1) is 0 Å². The standard InChI is InChI=1S/C12H16O3S/c1-7-5-8-3-4-9-6-10(11(7)12(8)9)15-16(2,13)14/h3-5,8-12H,6H2,1-2H3/t8-,9+,10-,11-,12+/m0/s1. The molecule has 0 aromatic carbocycles. The number of hydrogen-bond acceptors (Lipinski definition) is 3. The molecule has 0 aliphatic heterocycles. The lowest BCUT2D eigenvalue weighted by Gasteiger charge is -2.20. The molecule has 0 saturated heterocycles. The van der Waals surface area contributed by atoms with Crippen LogP contribution in [0.15, 0.2) is 23.8 Å². The Hall–Kier alpha value is -0.610. The normalized spacial score (nSPS) is 44.9. The van der Waals surface area contributed by atoms with Gasteiger partial charge in [-0.05, 0) is 31.1 Å². The third kappa shape index (κ3) is 1.47. The predicted molar refractivity (Wildman–Crippen MR) is 61.2 cm³/mol. The van der Waals surface area contributed by atoms with Gasteiger partial charge in [0.2, 0.25) is 0 Å². The first kappa shape index (κ1) is 10.5. The van der Waals surface area contributed by atoms with Crippen LogP contribution in [0.4, 0.5) is 0 Å². The summed E-state index contributed by atoms with van der Waals surface area (Å²) in [6, 6.07) is 0. The van der Waals surface area contributed by atoms with Gasteiger partial charge in [-0.3, -0.25) is 4.18 Å². The van der Waals surface area contributed by atoms with Crippen molar-refractivity contribution in [2.75, 3.05) is 6.26 Å². The molecular weight excluding hydrogens is 224 g/mol. The van der Waals surface area contributed by atoms with Gasteiger partial charge in [0.25, 0.3) is 10.1 Å². The third-order valence-corrected chi connectivity index (χ3v) is 4.72. The minimum atomic E-state index is -3.34. The summed E-state index contributed by atoms with van der Waals surface area (Å²) in [5, 5.41) is 0. The highest BCUT2D eigenvalue weighted by Gasteiger charge is 2.52. The Morgan fingerprint density at radius 1 is 1.38 bits per heavy atom. The molecule has 0 aromatic heterocycles. The van der Waals surface area contributed by atoms with Crippen LogP contribution in [0.5, 0.6) is 0 Å². The second-order valence-electron chi connectivity index (χ2n) is 5.21. The van der Waals surface area contributed by atoms with Crippen LogP contribution in [0, 0.1) is 23.7 Å². The Labute approximate surface area is 96.3 Å². The number of hydrogen-bond donors (Lipinski definition) is 0. The summed E-state index contributed by atoms with van der Waals surface area (Å²) in [5.41, 5.74) is 1.30. The van der Waals surface area contributed by atoms with Crippen molar-refractivity contribution < 1.29 is 12.6 Å². The maximum absolute atomic E-state index is 11.2. The van der Waals surface area contributed by atoms with E-state index in [1.165, 1.54) is 5.57 Å². The van der Waals surface area contributed by atoms with Crippen molar-refractivity contribution in [3.63, 3.8) is 0 Å². The van der Waals surface area contributed by atoms with E-state index >= 15 is 0 Å². The monoisotopic (exact) mass is 240 g/mol. The SMILES string of the molecule is CC1=C[C@@H]2C=C[C@@H]3C[C@H](OS(C)(=O)=O)[C@H]1[C@H]23. The van der Waals surface area contributed by atoms with Crippen molar-refractivity contribution in [3.8, 4) is 0 Å². The van der Waals surface area contributed by atoms with Crippen LogP contribution in [-0.2, 0) is 14.3 Å². The summed E-state index contributed by atoms with van der Waals surface area (Å²) in [6.45, 7) is 2.10. The minimum Gasteiger partial charge on any atom is -0.266 e. The Bertz CT molecular complexity index is 474. The topological polar surface area (TPSA) is 43.4 Å². The molecule has 0 aromatic rings. The van der Waals surface area contributed by atoms with E-state index in [9.17, 15) is 8.42 Å². The van der Waals surface area contributed by atoms with Gasteiger partial charge in [0.1, 0.15) is 0 Å². The summed E-state index contributed by atoms with van der Waals surface area (Å²) in [4.78, 5) is 0. The van der Waals surface area contributed by atoms with Gasteiger partial charge >= 0.3 is 0 Å². The van der Waals surface area contributed by atoms with Gasteiger partial charge < -0.3 is 0 Å². The lowest BCUT2D eigenvalue weighted by molar-refractivity contribution is 0.172. The summed E-state index contributed by atoms with van der Waals surface area (Å²) in [5.74, 6) is 1.89. The van der Waals surface area contributed by atoms with Crippen molar-refractivity contribution >= 4 is 10.1 Å². The average molecular weight is 240 g/mol. The smallest absolute Gasteiger partial charge is 0.264 e. The second kappa shape index (κ2) is 3.20. The molecule has 0 heterocycles. The van der Waals surface area contributed by atoms with E-state index in [0.717, 1.165) is 12.7 Å². The lowest BCUT2D eigenvalue weighted by atomic mass is 9.88.